The van der Waals surface area contributed by atoms with Gasteiger partial charge in [-0.3, -0.25) is 14.4 Å². The fraction of sp³-hybridized carbons (Fsp3) is 0.333. The maximum atomic E-state index is 13.6. The van der Waals surface area contributed by atoms with Gasteiger partial charge in [0.25, 0.3) is 5.91 Å². The van der Waals surface area contributed by atoms with E-state index in [0.717, 1.165) is 22.2 Å². The van der Waals surface area contributed by atoms with E-state index in [4.69, 9.17) is 0 Å². The van der Waals surface area contributed by atoms with Gasteiger partial charge in [-0.1, -0.05) is 68.4 Å². The second-order valence-electron chi connectivity index (χ2n) is 8.89. The van der Waals surface area contributed by atoms with Crippen molar-refractivity contribution in [1.82, 2.24) is 15.2 Å². The average Bonchev–Trinajstić information content (AvgIpc) is 3.29. The molecule has 3 aromatic rings. The molecule has 0 spiro atoms. The number of amides is 2. The van der Waals surface area contributed by atoms with Gasteiger partial charge in [-0.05, 0) is 23.6 Å². The van der Waals surface area contributed by atoms with Gasteiger partial charge in [0.15, 0.2) is 5.78 Å². The summed E-state index contributed by atoms with van der Waals surface area (Å²) in [7, 11) is 0. The summed E-state index contributed by atoms with van der Waals surface area (Å²) < 4.78 is 0. The van der Waals surface area contributed by atoms with Crippen molar-refractivity contribution in [2.45, 2.75) is 37.3 Å². The van der Waals surface area contributed by atoms with Crippen molar-refractivity contribution in [1.29, 1.82) is 0 Å². The number of benzene rings is 2. The van der Waals surface area contributed by atoms with E-state index in [-0.39, 0.29) is 41.0 Å². The molecular weight excluding hydrogens is 446 g/mol. The highest BCUT2D eigenvalue weighted by molar-refractivity contribution is 7.99. The van der Waals surface area contributed by atoms with Crippen molar-refractivity contribution in [3.63, 3.8) is 0 Å². The Labute approximate surface area is 204 Å². The molecule has 0 radical (unpaired) electrons. The Hall–Kier alpha value is -3.19. The number of ketones is 1. The number of thioether (sulfide) groups is 1. The van der Waals surface area contributed by atoms with E-state index in [0.29, 0.717) is 13.0 Å². The van der Waals surface area contributed by atoms with Crippen LogP contribution in [-0.4, -0.2) is 51.9 Å². The van der Waals surface area contributed by atoms with Gasteiger partial charge < -0.3 is 10.2 Å². The summed E-state index contributed by atoms with van der Waals surface area (Å²) in [6, 6.07) is 20.4. The van der Waals surface area contributed by atoms with E-state index in [9.17, 15) is 14.4 Å². The molecule has 1 fully saturated rings. The molecule has 1 N–H and O–H groups in total. The lowest BCUT2D eigenvalue weighted by Crippen LogP contribution is -2.54. The predicted molar refractivity (Wildman–Crippen MR) is 136 cm³/mol. The normalized spacial score (nSPS) is 15.5. The Bertz CT molecular complexity index is 1180. The third kappa shape index (κ3) is 5.65. The van der Waals surface area contributed by atoms with E-state index in [1.807, 2.05) is 48.5 Å². The largest absolute Gasteiger partial charge is 0.338 e. The standard InChI is InChI=1S/C27H29N3O3S/c1-18(2)25(34-17-19-8-4-3-5-9-19)24(27(33)30-15-14-21(31)16-30)29-26(32)23-13-12-20-10-6-7-11-22(20)28-23/h3-13,18,24-25H,14-17H2,1-2H3,(H,29,32)/t24-,25?/m0/s1. The van der Waals surface area contributed by atoms with Crippen molar-refractivity contribution in [2.75, 3.05) is 13.1 Å². The van der Waals surface area contributed by atoms with Crippen molar-refractivity contribution >= 4 is 40.3 Å². The molecule has 1 aliphatic rings. The molecule has 0 saturated carbocycles. The maximum Gasteiger partial charge on any atom is 0.270 e. The molecule has 1 aromatic heterocycles. The van der Waals surface area contributed by atoms with Crippen LogP contribution in [0, 0.1) is 5.92 Å². The van der Waals surface area contributed by atoms with E-state index in [2.05, 4.69) is 36.3 Å². The number of nitrogens with one attached hydrogen (secondary N) is 1. The first-order chi connectivity index (χ1) is 16.4. The van der Waals surface area contributed by atoms with Gasteiger partial charge in [-0.2, -0.15) is 11.8 Å². The van der Waals surface area contributed by atoms with Gasteiger partial charge in [0.2, 0.25) is 5.91 Å². The van der Waals surface area contributed by atoms with Crippen LogP contribution in [0.5, 0.6) is 0 Å². The number of carbonyl (C=O) groups excluding carboxylic acids is 3. The van der Waals surface area contributed by atoms with Crippen LogP contribution >= 0.6 is 11.8 Å². The predicted octanol–water partition coefficient (Wildman–Crippen LogP) is 4.09. The first-order valence-electron chi connectivity index (χ1n) is 11.5. The molecule has 1 aliphatic heterocycles. The second kappa shape index (κ2) is 10.8. The summed E-state index contributed by atoms with van der Waals surface area (Å²) in [6.45, 7) is 4.61. The molecule has 6 nitrogen and oxygen atoms in total. The quantitative estimate of drug-likeness (QED) is 0.531. The van der Waals surface area contributed by atoms with Gasteiger partial charge in [-0.25, -0.2) is 4.98 Å². The number of Topliss-reactive ketones (excluding diaryl/α,β-unsaturated/α-hetero) is 1. The fourth-order valence-electron chi connectivity index (χ4n) is 4.15. The highest BCUT2D eigenvalue weighted by atomic mass is 32.2. The Balaban J connectivity index is 1.59. The molecule has 7 heteroatoms. The zero-order valence-corrected chi connectivity index (χ0v) is 20.3. The molecular formula is C27H29N3O3S. The van der Waals surface area contributed by atoms with Crippen LogP contribution in [0.4, 0.5) is 0 Å². The number of fused-ring (bicyclic) bond motifs is 1. The van der Waals surface area contributed by atoms with Crippen LogP contribution in [0.25, 0.3) is 10.9 Å². The maximum absolute atomic E-state index is 13.6. The van der Waals surface area contributed by atoms with Crippen LogP contribution in [0.15, 0.2) is 66.7 Å². The van der Waals surface area contributed by atoms with Crippen molar-refractivity contribution in [2.24, 2.45) is 5.92 Å². The summed E-state index contributed by atoms with van der Waals surface area (Å²) in [5, 5.41) is 3.75. The number of para-hydroxylation sites is 1. The topological polar surface area (TPSA) is 79.4 Å². The van der Waals surface area contributed by atoms with Crippen molar-refractivity contribution in [3.8, 4) is 0 Å². The Morgan fingerprint density at radius 3 is 2.47 bits per heavy atom. The molecule has 2 heterocycles. The molecule has 2 amide bonds. The molecule has 1 saturated heterocycles. The van der Waals surface area contributed by atoms with Gasteiger partial charge in [0.1, 0.15) is 11.7 Å². The van der Waals surface area contributed by atoms with Crippen molar-refractivity contribution < 1.29 is 14.4 Å². The third-order valence-electron chi connectivity index (χ3n) is 5.99. The lowest BCUT2D eigenvalue weighted by atomic mass is 10.0. The van der Waals surface area contributed by atoms with Gasteiger partial charge in [0, 0.05) is 29.4 Å². The molecule has 176 valence electrons. The number of hydrogen-bond acceptors (Lipinski definition) is 5. The highest BCUT2D eigenvalue weighted by Crippen LogP contribution is 2.28. The Morgan fingerprint density at radius 1 is 1.03 bits per heavy atom. The second-order valence-corrected chi connectivity index (χ2v) is 10.1. The number of carbonyl (C=O) groups is 3. The first kappa shape index (κ1) is 24.0. The number of rotatable bonds is 8. The van der Waals surface area contributed by atoms with Gasteiger partial charge in [0.05, 0.1) is 12.1 Å². The molecule has 0 bridgehead atoms. The number of aromatic nitrogens is 1. The van der Waals surface area contributed by atoms with E-state index in [1.165, 1.54) is 0 Å². The smallest absolute Gasteiger partial charge is 0.270 e. The van der Waals surface area contributed by atoms with Gasteiger partial charge in [-0.15, -0.1) is 0 Å². The number of hydrogen-bond donors (Lipinski definition) is 1. The van der Waals surface area contributed by atoms with E-state index in [1.54, 1.807) is 22.7 Å². The SMILES string of the molecule is CC(C)C(SCc1ccccc1)[C@H](NC(=O)c1ccc2ccccc2n1)C(=O)N1CCC(=O)C1. The van der Waals surface area contributed by atoms with Crippen LogP contribution in [0.1, 0.15) is 36.3 Å². The summed E-state index contributed by atoms with van der Waals surface area (Å²) in [5.41, 5.74) is 2.15. The van der Waals surface area contributed by atoms with Crippen LogP contribution < -0.4 is 5.32 Å². The van der Waals surface area contributed by atoms with Crippen LogP contribution in [0.3, 0.4) is 0 Å². The Kier molecular flexibility index (Phi) is 7.63. The number of likely N-dealkylation sites (tertiary alicyclic amines) is 1. The lowest BCUT2D eigenvalue weighted by Gasteiger charge is -2.32. The summed E-state index contributed by atoms with van der Waals surface area (Å²) in [6.07, 6.45) is 0.363. The lowest BCUT2D eigenvalue weighted by molar-refractivity contribution is -0.133. The molecule has 34 heavy (non-hydrogen) atoms. The summed E-state index contributed by atoms with van der Waals surface area (Å²) >= 11 is 1.65. The van der Waals surface area contributed by atoms with Crippen LogP contribution in [-0.2, 0) is 15.3 Å². The van der Waals surface area contributed by atoms with Crippen LogP contribution in [0.2, 0.25) is 0 Å². The molecule has 1 unspecified atom stereocenters. The minimum absolute atomic E-state index is 0.0488. The first-order valence-corrected chi connectivity index (χ1v) is 12.6. The minimum Gasteiger partial charge on any atom is -0.338 e. The number of pyridine rings is 1. The molecule has 4 rings (SSSR count). The molecule has 2 atom stereocenters. The average molecular weight is 476 g/mol. The minimum atomic E-state index is -0.764. The summed E-state index contributed by atoms with van der Waals surface area (Å²) in [5.74, 6) is 0.287. The molecule has 2 aromatic carbocycles. The molecule has 0 aliphatic carbocycles. The monoisotopic (exact) mass is 475 g/mol. The zero-order valence-electron chi connectivity index (χ0n) is 19.4. The highest BCUT2D eigenvalue weighted by Gasteiger charge is 2.37. The van der Waals surface area contributed by atoms with Crippen molar-refractivity contribution in [3.05, 3.63) is 78.0 Å². The Morgan fingerprint density at radius 2 is 1.76 bits per heavy atom. The summed E-state index contributed by atoms with van der Waals surface area (Å²) in [4.78, 5) is 44.7. The fourth-order valence-corrected chi connectivity index (χ4v) is 5.49. The van der Waals surface area contributed by atoms with E-state index >= 15 is 0 Å². The van der Waals surface area contributed by atoms with Gasteiger partial charge >= 0.3 is 0 Å². The zero-order chi connectivity index (χ0) is 24.1. The number of nitrogens with zero attached hydrogens (tertiary/aromatic N) is 2. The van der Waals surface area contributed by atoms with E-state index < -0.39 is 6.04 Å². The third-order valence-corrected chi connectivity index (χ3v) is 7.70.